The zero-order valence-electron chi connectivity index (χ0n) is 20.5. The van der Waals surface area contributed by atoms with Crippen LogP contribution < -0.4 is 24.8 Å². The maximum absolute atomic E-state index is 2.43. The van der Waals surface area contributed by atoms with Crippen LogP contribution in [0.5, 0.6) is 0 Å². The van der Waals surface area contributed by atoms with E-state index in [-0.39, 0.29) is 24.8 Å². The van der Waals surface area contributed by atoms with Gasteiger partial charge in [0, 0.05) is 0 Å². The van der Waals surface area contributed by atoms with Crippen LogP contribution in [0.3, 0.4) is 0 Å². The Balaban J connectivity index is 0.00000152. The van der Waals surface area contributed by atoms with Crippen molar-refractivity contribution in [3.63, 3.8) is 0 Å². The maximum Gasteiger partial charge on any atom is -1.00 e. The van der Waals surface area contributed by atoms with Crippen LogP contribution in [-0.4, -0.2) is 3.81 Å². The summed E-state index contributed by atoms with van der Waals surface area (Å²) in [4.78, 5) is 0. The Hall–Kier alpha value is -2.48. The molecule has 0 spiro atoms. The van der Waals surface area contributed by atoms with Crippen molar-refractivity contribution in [1.82, 2.24) is 0 Å². The minimum atomic E-state index is -2.09. The van der Waals surface area contributed by atoms with E-state index in [1.165, 1.54) is 44.5 Å². The minimum Gasteiger partial charge on any atom is -1.00 e. The Morgan fingerprint density at radius 3 is 1.56 bits per heavy atom. The molecule has 0 atom stereocenters. The summed E-state index contributed by atoms with van der Waals surface area (Å²) < 4.78 is 3.70. The Kier molecular flexibility index (Phi) is 8.33. The molecule has 0 heterocycles. The van der Waals surface area contributed by atoms with Gasteiger partial charge in [-0.3, -0.25) is 0 Å². The standard InChI is InChI=1S/C15H14.C13H9.C5H5.2ClH.Ti/c1-12-3-7-14(8-4-12)11-15-9-5-13(2)6-10-15;1-3-7-12-10(5-1)9-11-6-2-4-8-13(11)12;1-2-4-5-3-1;;;/h3-10H,1-2H3;1-9H;1-3H,4H2;2*1H;/q;;;;;+2/p-2. The van der Waals surface area contributed by atoms with Gasteiger partial charge in [0.25, 0.3) is 0 Å². The molecule has 2 aliphatic rings. The van der Waals surface area contributed by atoms with Gasteiger partial charge in [-0.05, 0) is 0 Å². The summed E-state index contributed by atoms with van der Waals surface area (Å²) in [6.45, 7) is 4.36. The molecule has 0 amide bonds. The molecule has 0 aliphatic heterocycles. The second-order valence-corrected chi connectivity index (χ2v) is 13.4. The largest absolute Gasteiger partial charge is 1.00 e. The number of aryl methyl sites for hydroxylation is 2. The summed E-state index contributed by atoms with van der Waals surface area (Å²) in [7, 11) is 0. The van der Waals surface area contributed by atoms with E-state index < -0.39 is 17.4 Å². The number of benzene rings is 4. The normalized spacial score (nSPS) is 13.0. The third-order valence-electron chi connectivity index (χ3n) is 7.19. The van der Waals surface area contributed by atoms with Gasteiger partial charge in [-0.25, -0.2) is 0 Å². The molecule has 0 unspecified atom stereocenters. The van der Waals surface area contributed by atoms with Crippen LogP contribution in [0, 0.1) is 13.8 Å². The maximum atomic E-state index is 2.43. The van der Waals surface area contributed by atoms with Crippen molar-refractivity contribution in [2.75, 3.05) is 0 Å². The molecule has 0 radical (unpaired) electrons. The molecule has 0 bridgehead atoms. The van der Waals surface area contributed by atoms with Crippen LogP contribution in [0.4, 0.5) is 0 Å². The van der Waals surface area contributed by atoms with Crippen LogP contribution in [0.15, 0.2) is 119 Å². The molecular formula is C33H28Cl2Ti. The molecule has 2 aliphatic carbocycles. The molecular weight excluding hydrogens is 515 g/mol. The summed E-state index contributed by atoms with van der Waals surface area (Å²) in [5, 5.41) is 0. The zero-order chi connectivity index (χ0) is 23.1. The van der Waals surface area contributed by atoms with Crippen molar-refractivity contribution in [1.29, 1.82) is 0 Å². The van der Waals surface area contributed by atoms with E-state index in [2.05, 4.69) is 129 Å². The third kappa shape index (κ3) is 4.76. The zero-order valence-corrected chi connectivity index (χ0v) is 23.6. The molecule has 36 heavy (non-hydrogen) atoms. The summed E-state index contributed by atoms with van der Waals surface area (Å²) in [6, 6.07) is 36.8. The molecule has 4 aromatic rings. The van der Waals surface area contributed by atoms with Crippen molar-refractivity contribution in [3.8, 4) is 11.1 Å². The second-order valence-electron chi connectivity index (χ2n) is 9.45. The topological polar surface area (TPSA) is 0 Å². The van der Waals surface area contributed by atoms with Gasteiger partial charge in [0.2, 0.25) is 0 Å². The molecule has 4 aromatic carbocycles. The first-order valence-corrected chi connectivity index (χ1v) is 14.6. The van der Waals surface area contributed by atoms with E-state index in [9.17, 15) is 0 Å². The molecule has 0 saturated heterocycles. The van der Waals surface area contributed by atoms with Gasteiger partial charge in [-0.2, -0.15) is 0 Å². The van der Waals surface area contributed by atoms with Gasteiger partial charge >= 0.3 is 209 Å². The molecule has 0 N–H and O–H groups in total. The van der Waals surface area contributed by atoms with E-state index in [4.69, 9.17) is 0 Å². The van der Waals surface area contributed by atoms with Crippen LogP contribution in [-0.2, 0) is 17.4 Å². The summed E-state index contributed by atoms with van der Waals surface area (Å²) in [6.07, 6.45) is 8.13. The van der Waals surface area contributed by atoms with Crippen molar-refractivity contribution in [2.24, 2.45) is 0 Å². The predicted molar refractivity (Wildman–Crippen MR) is 141 cm³/mol. The molecule has 178 valence electrons. The fourth-order valence-corrected chi connectivity index (χ4v) is 11.3. The Morgan fingerprint density at radius 1 is 0.639 bits per heavy atom. The Bertz CT molecular complexity index is 1380. The van der Waals surface area contributed by atoms with E-state index in [0.29, 0.717) is 4.22 Å². The number of hydrogen-bond donors (Lipinski definition) is 0. The van der Waals surface area contributed by atoms with E-state index in [1.807, 2.05) is 0 Å². The van der Waals surface area contributed by atoms with Crippen LogP contribution >= 0.6 is 0 Å². The first-order valence-electron chi connectivity index (χ1n) is 12.1. The molecule has 0 saturated carbocycles. The van der Waals surface area contributed by atoms with Gasteiger partial charge in [0.05, 0.1) is 0 Å². The second kappa shape index (κ2) is 11.3. The van der Waals surface area contributed by atoms with Gasteiger partial charge in [0.15, 0.2) is 0 Å². The average molecular weight is 543 g/mol. The molecule has 0 fully saturated rings. The predicted octanol–water partition coefficient (Wildman–Crippen LogP) is 2.11. The third-order valence-corrected chi connectivity index (χ3v) is 12.5. The van der Waals surface area contributed by atoms with Gasteiger partial charge in [-0.1, -0.05) is 0 Å². The number of halogens is 2. The molecule has 0 nitrogen and oxygen atoms in total. The average Bonchev–Trinajstić information content (AvgIpc) is 3.51. The van der Waals surface area contributed by atoms with Gasteiger partial charge < -0.3 is 24.8 Å². The number of allylic oxidation sites excluding steroid dienone is 4. The SMILES string of the molecule is Cc1ccc([C](c2ccc(C)cc2)=[Ti+2]([C]2=CC=CC2)[CH]2c3ccccc3-c3ccccc32)cc1.[Cl-].[Cl-]. The first kappa shape index (κ1) is 26.6. The summed E-state index contributed by atoms with van der Waals surface area (Å²) in [5.41, 5.74) is 11.3. The number of hydrogen-bond acceptors (Lipinski definition) is 0. The Morgan fingerprint density at radius 2 is 1.11 bits per heavy atom. The number of rotatable bonds is 4. The van der Waals surface area contributed by atoms with Crippen LogP contribution in [0.25, 0.3) is 11.1 Å². The van der Waals surface area contributed by atoms with Crippen molar-refractivity contribution < 1.29 is 42.2 Å². The first-order chi connectivity index (χ1) is 16.7. The van der Waals surface area contributed by atoms with Gasteiger partial charge in [-0.15, -0.1) is 0 Å². The monoisotopic (exact) mass is 542 g/mol. The molecule has 6 rings (SSSR count). The van der Waals surface area contributed by atoms with Crippen LogP contribution in [0.1, 0.15) is 44.0 Å². The Labute approximate surface area is 233 Å². The van der Waals surface area contributed by atoms with Crippen LogP contribution in [0.2, 0.25) is 0 Å². The summed E-state index contributed by atoms with van der Waals surface area (Å²) in [5.74, 6) is 0. The van der Waals surface area contributed by atoms with E-state index in [1.54, 1.807) is 7.69 Å². The molecule has 0 aromatic heterocycles. The molecule has 3 heteroatoms. The minimum absolute atomic E-state index is 0. The van der Waals surface area contributed by atoms with Crippen molar-refractivity contribution in [3.05, 3.63) is 153 Å². The number of fused-ring (bicyclic) bond motifs is 3. The smallest absolute Gasteiger partial charge is 1.00 e. The fraction of sp³-hybridized carbons (Fsp3) is 0.121. The van der Waals surface area contributed by atoms with Gasteiger partial charge in [0.1, 0.15) is 0 Å². The van der Waals surface area contributed by atoms with E-state index >= 15 is 0 Å². The van der Waals surface area contributed by atoms with Crippen molar-refractivity contribution >= 4 is 3.81 Å². The summed E-state index contributed by atoms with van der Waals surface area (Å²) >= 11 is -2.09. The van der Waals surface area contributed by atoms with Crippen molar-refractivity contribution in [2.45, 2.75) is 24.5 Å². The van der Waals surface area contributed by atoms with E-state index in [0.717, 1.165) is 6.42 Å². The quantitative estimate of drug-likeness (QED) is 0.346. The fourth-order valence-electron chi connectivity index (χ4n) is 5.52.